The van der Waals surface area contributed by atoms with Gasteiger partial charge < -0.3 is 151 Å². The minimum atomic E-state index is -1.36. The maximum atomic E-state index is 12.1. The number of phenolic OH excluding ortho intramolecular Hbond substituents is 24. The van der Waals surface area contributed by atoms with Crippen molar-refractivity contribution in [3.8, 4) is 240 Å². The van der Waals surface area contributed by atoms with Gasteiger partial charge in [-0.15, -0.1) is 0 Å². The van der Waals surface area contributed by atoms with E-state index < -0.39 is 240 Å². The van der Waals surface area contributed by atoms with Crippen LogP contribution in [0.2, 0.25) is 0 Å². The first-order valence-electron chi connectivity index (χ1n) is 25.0. The van der Waals surface area contributed by atoms with Crippen LogP contribution in [0.5, 0.6) is 207 Å². The number of rotatable bonds is 15. The van der Waals surface area contributed by atoms with E-state index in [1.54, 1.807) is 0 Å². The highest BCUT2D eigenvalue weighted by atomic mass is 16.6. The van der Waals surface area contributed by atoms with E-state index in [0.29, 0.717) is 91.0 Å². The fourth-order valence-corrected chi connectivity index (χ4v) is 9.15. The van der Waals surface area contributed by atoms with Crippen molar-refractivity contribution in [2.75, 3.05) is 0 Å². The second kappa shape index (κ2) is 22.3. The largest absolute Gasteiger partial charge is 0.508 e. The van der Waals surface area contributed by atoms with Gasteiger partial charge in [0.2, 0.25) is 34.5 Å². The zero-order valence-electron chi connectivity index (χ0n) is 44.6. The fourth-order valence-electron chi connectivity index (χ4n) is 9.15. The molecule has 10 aromatic rings. The molecule has 0 bridgehead atoms. The molecule has 0 aliphatic rings. The Balaban J connectivity index is 1.14. The van der Waals surface area contributed by atoms with Crippen LogP contribution in [0.4, 0.5) is 0 Å². The molecule has 30 heteroatoms. The molecule has 462 valence electrons. The van der Waals surface area contributed by atoms with E-state index >= 15 is 0 Å². The van der Waals surface area contributed by atoms with Gasteiger partial charge in [-0.25, -0.2) is 0 Å². The Labute approximate surface area is 499 Å². The van der Waals surface area contributed by atoms with E-state index in [0.717, 1.165) is 18.2 Å². The summed E-state index contributed by atoms with van der Waals surface area (Å²) < 4.78 is 34.9. The summed E-state index contributed by atoms with van der Waals surface area (Å²) in [5.74, 6) is -34.0. The molecule has 0 unspecified atom stereocenters. The molecule has 0 fully saturated rings. The Morgan fingerprint density at radius 1 is 0.156 bits per heavy atom. The molecule has 24 N–H and O–H groups in total. The summed E-state index contributed by atoms with van der Waals surface area (Å²) in [6.07, 6.45) is 0. The van der Waals surface area contributed by atoms with Gasteiger partial charge in [0.25, 0.3) is 0 Å². The molecule has 90 heavy (non-hydrogen) atoms. The van der Waals surface area contributed by atoms with Crippen molar-refractivity contribution in [3.63, 3.8) is 0 Å². The molecule has 0 aliphatic carbocycles. The highest BCUT2D eigenvalue weighted by Crippen LogP contribution is 2.62. The van der Waals surface area contributed by atoms with Gasteiger partial charge in [-0.3, -0.25) is 0 Å². The average Bonchev–Trinajstić information content (AvgIpc) is 0.775. The summed E-state index contributed by atoms with van der Waals surface area (Å²) in [7, 11) is 0. The highest BCUT2D eigenvalue weighted by Gasteiger charge is 2.34. The van der Waals surface area contributed by atoms with Crippen LogP contribution >= 0.6 is 0 Å². The van der Waals surface area contributed by atoms with Crippen molar-refractivity contribution in [3.05, 3.63) is 109 Å². The van der Waals surface area contributed by atoms with E-state index in [-0.39, 0.29) is 0 Å². The van der Waals surface area contributed by atoms with Crippen LogP contribution in [0.3, 0.4) is 0 Å². The topological polar surface area (TPSA) is 541 Å². The Hall–Kier alpha value is -13.8. The summed E-state index contributed by atoms with van der Waals surface area (Å²) in [6, 6.07) is 12.6. The third-order valence-electron chi connectivity index (χ3n) is 12.8. The predicted octanol–water partition coefficient (Wildman–Crippen LogP) is 10.4. The molecular weight excluding hydrogens is 1200 g/mol. The Morgan fingerprint density at radius 3 is 0.789 bits per heavy atom. The zero-order valence-corrected chi connectivity index (χ0v) is 44.6. The molecular formula is C60H42O30. The molecule has 0 atom stereocenters. The normalized spacial score (nSPS) is 11.1. The van der Waals surface area contributed by atoms with Gasteiger partial charge in [-0.1, -0.05) is 0 Å². The molecule has 0 heterocycles. The maximum Gasteiger partial charge on any atom is 0.212 e. The highest BCUT2D eigenvalue weighted by molar-refractivity contribution is 5.92. The van der Waals surface area contributed by atoms with Gasteiger partial charge in [-0.2, -0.15) is 0 Å². The first kappa shape index (κ1) is 59.4. The van der Waals surface area contributed by atoms with Gasteiger partial charge >= 0.3 is 0 Å². The van der Waals surface area contributed by atoms with Gasteiger partial charge in [-0.05, 0) is 0 Å². The number of aromatic hydroxyl groups is 24. The summed E-state index contributed by atoms with van der Waals surface area (Å²) in [4.78, 5) is 0. The number of ether oxygens (including phenoxy) is 6. The quantitative estimate of drug-likeness (QED) is 0.0453. The zero-order chi connectivity index (χ0) is 65.2. The number of benzene rings is 10. The molecule has 0 radical (unpaired) electrons. The van der Waals surface area contributed by atoms with Crippen molar-refractivity contribution in [2.45, 2.75) is 0 Å². The third kappa shape index (κ3) is 11.0. The second-order valence-electron chi connectivity index (χ2n) is 19.1. The van der Waals surface area contributed by atoms with Gasteiger partial charge in [0.05, 0.1) is 33.4 Å². The molecule has 10 aromatic carbocycles. The van der Waals surface area contributed by atoms with Gasteiger partial charge in [0.1, 0.15) is 103 Å². The number of hydrogen-bond donors (Lipinski definition) is 24. The van der Waals surface area contributed by atoms with Crippen molar-refractivity contribution in [1.29, 1.82) is 0 Å². The molecule has 0 spiro atoms. The standard InChI is InChI=1S/C60H42O30/c61-19-1-20(62)3-26(2-19)85-57-40(80)17-42(50(53(57)83)47-30(70)6-22(64)7-31(47)71)88-56-37(77)14-27(15-38(56)78)86-60-44(89-58-39(79)16-34(74)49(52(58)82)46-28(68)4-21(63)5-29(46)69)12-25(67)13-45(60)90-59-41(81)18-43(87-55-35(75)10-24(66)11-36(55)76)51(54(59)84)48-32(72)8-23(65)9-33(48)73/h1-18,61-84H. The summed E-state index contributed by atoms with van der Waals surface area (Å²) in [6.45, 7) is 0. The summed E-state index contributed by atoms with van der Waals surface area (Å²) >= 11 is 0. The van der Waals surface area contributed by atoms with E-state index in [9.17, 15) is 123 Å². The Bertz CT molecular complexity index is 4480. The first-order valence-corrected chi connectivity index (χ1v) is 25.0. The lowest BCUT2D eigenvalue weighted by Crippen LogP contribution is -1.98. The van der Waals surface area contributed by atoms with Crippen molar-refractivity contribution < 1.29 is 151 Å². The first-order chi connectivity index (χ1) is 42.5. The third-order valence-corrected chi connectivity index (χ3v) is 12.8. The van der Waals surface area contributed by atoms with Crippen molar-refractivity contribution >= 4 is 0 Å². The van der Waals surface area contributed by atoms with Crippen LogP contribution in [0.25, 0.3) is 33.4 Å². The molecule has 30 nitrogen and oxygen atoms in total. The summed E-state index contributed by atoms with van der Waals surface area (Å²) in [5.41, 5.74) is -4.89. The molecule has 0 aliphatic heterocycles. The fraction of sp³-hybridized carbons (Fsp3) is 0. The average molecular weight is 1240 g/mol. The van der Waals surface area contributed by atoms with Crippen LogP contribution < -0.4 is 28.4 Å². The number of phenols is 24. The lowest BCUT2D eigenvalue weighted by Gasteiger charge is -2.22. The Kier molecular flexibility index (Phi) is 14.7. The van der Waals surface area contributed by atoms with Crippen LogP contribution in [-0.2, 0) is 0 Å². The molecule has 0 aromatic heterocycles. The van der Waals surface area contributed by atoms with Crippen molar-refractivity contribution in [2.24, 2.45) is 0 Å². The Morgan fingerprint density at radius 2 is 0.400 bits per heavy atom. The van der Waals surface area contributed by atoms with E-state index in [4.69, 9.17) is 28.4 Å². The lowest BCUT2D eigenvalue weighted by molar-refractivity contribution is 0.332. The van der Waals surface area contributed by atoms with E-state index in [1.807, 2.05) is 0 Å². The van der Waals surface area contributed by atoms with Gasteiger partial charge in [0, 0.05) is 109 Å². The molecule has 0 amide bonds. The SMILES string of the molecule is Oc1cc(O)cc(Oc2c(O)cc(Oc3c(O)cc(Oc4c(Oc5c(O)cc(O)c(-c6c(O)cc(O)cc6O)c5O)cc(O)cc4Oc4c(O)cc(Oc5c(O)cc(O)cc5O)c(-c5c(O)cc(O)cc5O)c4O)cc3O)c(-c3c(O)cc(O)cc3O)c2O)c1. The van der Waals surface area contributed by atoms with Crippen LogP contribution in [0.15, 0.2) is 109 Å². The van der Waals surface area contributed by atoms with E-state index in [1.165, 1.54) is 0 Å². The molecule has 0 saturated carbocycles. The summed E-state index contributed by atoms with van der Waals surface area (Å²) in [5, 5.41) is 262. The molecule has 0 saturated heterocycles. The minimum Gasteiger partial charge on any atom is -0.508 e. The molecule has 10 rings (SSSR count). The lowest BCUT2D eigenvalue weighted by atomic mass is 9.99. The predicted molar refractivity (Wildman–Crippen MR) is 302 cm³/mol. The van der Waals surface area contributed by atoms with Gasteiger partial charge in [0.15, 0.2) is 69.0 Å². The van der Waals surface area contributed by atoms with Crippen LogP contribution in [0, 0.1) is 0 Å². The van der Waals surface area contributed by atoms with Crippen LogP contribution in [0.1, 0.15) is 0 Å². The smallest absolute Gasteiger partial charge is 0.212 e. The minimum absolute atomic E-state index is 0.402. The number of hydrogen-bond acceptors (Lipinski definition) is 30. The second-order valence-corrected chi connectivity index (χ2v) is 19.1. The maximum absolute atomic E-state index is 12.1. The monoisotopic (exact) mass is 1240 g/mol. The van der Waals surface area contributed by atoms with Crippen molar-refractivity contribution in [1.82, 2.24) is 0 Å². The van der Waals surface area contributed by atoms with Crippen LogP contribution in [-0.4, -0.2) is 123 Å². The van der Waals surface area contributed by atoms with E-state index in [2.05, 4.69) is 0 Å².